The minimum Gasteiger partial charge on any atom is -0.392 e. The molecule has 0 amide bonds. The molecule has 0 aliphatic rings. The second kappa shape index (κ2) is 7.41. The molecule has 0 atom stereocenters. The van der Waals surface area contributed by atoms with Gasteiger partial charge in [0.25, 0.3) is 0 Å². The first-order valence-corrected chi connectivity index (χ1v) is 6.38. The van der Waals surface area contributed by atoms with Gasteiger partial charge in [0.2, 0.25) is 0 Å². The summed E-state index contributed by atoms with van der Waals surface area (Å²) in [6, 6.07) is 9.67. The lowest BCUT2D eigenvalue weighted by Crippen LogP contribution is -2.29. The fraction of sp³-hybridized carbons (Fsp3) is 0.467. The highest BCUT2D eigenvalue weighted by Crippen LogP contribution is 2.23. The highest BCUT2D eigenvalue weighted by molar-refractivity contribution is 5.60. The fourth-order valence-electron chi connectivity index (χ4n) is 1.98. The predicted octanol–water partition coefficient (Wildman–Crippen LogP) is 2.43. The summed E-state index contributed by atoms with van der Waals surface area (Å²) in [6.45, 7) is 5.55. The molecule has 4 heteroatoms. The van der Waals surface area contributed by atoms with E-state index in [1.807, 2.05) is 12.1 Å². The third-order valence-electron chi connectivity index (χ3n) is 2.78. The van der Waals surface area contributed by atoms with Crippen LogP contribution in [0.3, 0.4) is 0 Å². The third-order valence-corrected chi connectivity index (χ3v) is 2.78. The summed E-state index contributed by atoms with van der Waals surface area (Å²) >= 11 is 0. The Morgan fingerprint density at radius 1 is 1.32 bits per heavy atom. The number of benzene rings is 1. The van der Waals surface area contributed by atoms with Gasteiger partial charge in [-0.15, -0.1) is 0 Å². The zero-order chi connectivity index (χ0) is 14.3. The van der Waals surface area contributed by atoms with E-state index < -0.39 is 0 Å². The van der Waals surface area contributed by atoms with Crippen molar-refractivity contribution in [1.29, 1.82) is 10.5 Å². The van der Waals surface area contributed by atoms with Crippen LogP contribution in [0.5, 0.6) is 0 Å². The van der Waals surface area contributed by atoms with Crippen molar-refractivity contribution in [3.8, 4) is 12.1 Å². The highest BCUT2D eigenvalue weighted by atomic mass is 16.3. The number of nitrogens with zero attached hydrogens (tertiary/aromatic N) is 3. The maximum atomic E-state index is 9.22. The largest absolute Gasteiger partial charge is 0.392 e. The van der Waals surface area contributed by atoms with E-state index in [0.717, 1.165) is 17.8 Å². The number of hydrogen-bond donors (Lipinski definition) is 1. The van der Waals surface area contributed by atoms with Crippen molar-refractivity contribution in [2.75, 3.05) is 18.0 Å². The van der Waals surface area contributed by atoms with E-state index in [4.69, 9.17) is 10.4 Å². The summed E-state index contributed by atoms with van der Waals surface area (Å²) < 4.78 is 0. The van der Waals surface area contributed by atoms with Crippen LogP contribution in [0.15, 0.2) is 18.2 Å². The van der Waals surface area contributed by atoms with Gasteiger partial charge in [0.15, 0.2) is 0 Å². The van der Waals surface area contributed by atoms with Gasteiger partial charge < -0.3 is 10.0 Å². The summed E-state index contributed by atoms with van der Waals surface area (Å²) in [6.07, 6.45) is 0.430. The Morgan fingerprint density at radius 3 is 2.58 bits per heavy atom. The van der Waals surface area contributed by atoms with Gasteiger partial charge in [0, 0.05) is 13.1 Å². The molecule has 19 heavy (non-hydrogen) atoms. The smallest absolute Gasteiger partial charge is 0.101 e. The molecule has 0 heterocycles. The van der Waals surface area contributed by atoms with Crippen LogP contribution in [0.1, 0.15) is 31.4 Å². The van der Waals surface area contributed by atoms with Crippen LogP contribution in [-0.2, 0) is 6.61 Å². The minimum atomic E-state index is -0.0721. The summed E-state index contributed by atoms with van der Waals surface area (Å²) in [5, 5.41) is 27.1. The highest BCUT2D eigenvalue weighted by Gasteiger charge is 2.13. The average molecular weight is 257 g/mol. The van der Waals surface area contributed by atoms with Crippen LogP contribution in [0.2, 0.25) is 0 Å². The standard InChI is InChI=1S/C15H19N3O/c1-12(2)10-18(7-3-6-16)15-5-4-13(11-19)8-14(15)9-17/h4-5,8,12,19H,3,7,10-11H2,1-2H3. The van der Waals surface area contributed by atoms with E-state index in [1.165, 1.54) is 0 Å². The topological polar surface area (TPSA) is 71.1 Å². The molecule has 0 spiro atoms. The van der Waals surface area contributed by atoms with Crippen LogP contribution >= 0.6 is 0 Å². The molecule has 1 aromatic carbocycles. The normalized spacial score (nSPS) is 10.0. The van der Waals surface area contributed by atoms with E-state index in [0.29, 0.717) is 24.4 Å². The van der Waals surface area contributed by atoms with Crippen molar-refractivity contribution in [2.24, 2.45) is 5.92 Å². The zero-order valence-corrected chi connectivity index (χ0v) is 11.4. The molecule has 0 aliphatic heterocycles. The van der Waals surface area contributed by atoms with Crippen LogP contribution in [-0.4, -0.2) is 18.2 Å². The third kappa shape index (κ3) is 4.28. The Morgan fingerprint density at radius 2 is 2.05 bits per heavy atom. The van der Waals surface area contributed by atoms with E-state index in [2.05, 4.69) is 30.9 Å². The molecule has 1 N–H and O–H groups in total. The minimum absolute atomic E-state index is 0.0721. The van der Waals surface area contributed by atoms with Crippen molar-refractivity contribution in [3.05, 3.63) is 29.3 Å². The first kappa shape index (κ1) is 15.0. The molecular weight excluding hydrogens is 238 g/mol. The molecule has 0 bridgehead atoms. The van der Waals surface area contributed by atoms with E-state index in [-0.39, 0.29) is 6.61 Å². The fourth-order valence-corrected chi connectivity index (χ4v) is 1.98. The Hall–Kier alpha value is -2.04. The molecule has 0 unspecified atom stereocenters. The van der Waals surface area contributed by atoms with Crippen LogP contribution in [0, 0.1) is 28.6 Å². The molecule has 100 valence electrons. The molecule has 0 fully saturated rings. The van der Waals surface area contributed by atoms with Crippen molar-refractivity contribution in [1.82, 2.24) is 0 Å². The molecule has 0 radical (unpaired) electrons. The number of nitriles is 2. The van der Waals surface area contributed by atoms with E-state index in [9.17, 15) is 5.26 Å². The number of anilines is 1. The first-order valence-electron chi connectivity index (χ1n) is 6.38. The molecule has 0 aliphatic carbocycles. The van der Waals surface area contributed by atoms with Crippen LogP contribution < -0.4 is 4.90 Å². The summed E-state index contributed by atoms with van der Waals surface area (Å²) in [5.41, 5.74) is 2.11. The van der Waals surface area contributed by atoms with Gasteiger partial charge in [-0.3, -0.25) is 0 Å². The zero-order valence-electron chi connectivity index (χ0n) is 11.4. The van der Waals surface area contributed by atoms with E-state index in [1.54, 1.807) is 6.07 Å². The molecule has 1 rings (SSSR count). The van der Waals surface area contributed by atoms with Gasteiger partial charge >= 0.3 is 0 Å². The number of rotatable bonds is 6. The number of aliphatic hydroxyl groups is 1. The maximum absolute atomic E-state index is 9.22. The average Bonchev–Trinajstić information content (AvgIpc) is 2.42. The first-order chi connectivity index (χ1) is 9.12. The summed E-state index contributed by atoms with van der Waals surface area (Å²) in [5.74, 6) is 0.447. The Balaban J connectivity index is 3.07. The van der Waals surface area contributed by atoms with Crippen molar-refractivity contribution < 1.29 is 5.11 Å². The summed E-state index contributed by atoms with van der Waals surface area (Å²) in [7, 11) is 0. The molecule has 0 saturated heterocycles. The van der Waals surface area contributed by atoms with Crippen molar-refractivity contribution >= 4 is 5.69 Å². The second-order valence-corrected chi connectivity index (χ2v) is 4.87. The molecule has 4 nitrogen and oxygen atoms in total. The van der Waals surface area contributed by atoms with Gasteiger partial charge in [-0.1, -0.05) is 19.9 Å². The van der Waals surface area contributed by atoms with Crippen molar-refractivity contribution in [3.63, 3.8) is 0 Å². The SMILES string of the molecule is CC(C)CN(CCC#N)c1ccc(CO)cc1C#N. The lowest BCUT2D eigenvalue weighted by atomic mass is 10.1. The van der Waals surface area contributed by atoms with Crippen LogP contribution in [0.25, 0.3) is 0 Å². The van der Waals surface area contributed by atoms with Gasteiger partial charge in [-0.05, 0) is 23.6 Å². The molecule has 1 aromatic rings. The maximum Gasteiger partial charge on any atom is 0.101 e. The molecule has 0 saturated carbocycles. The second-order valence-electron chi connectivity index (χ2n) is 4.87. The molecule has 0 aromatic heterocycles. The van der Waals surface area contributed by atoms with Gasteiger partial charge in [0.05, 0.1) is 30.3 Å². The number of hydrogen-bond acceptors (Lipinski definition) is 4. The Labute approximate surface area is 114 Å². The Kier molecular flexibility index (Phi) is 5.85. The van der Waals surface area contributed by atoms with Gasteiger partial charge in [0.1, 0.15) is 6.07 Å². The lowest BCUT2D eigenvalue weighted by Gasteiger charge is -2.27. The Bertz CT molecular complexity index is 497. The predicted molar refractivity (Wildman–Crippen MR) is 74.4 cm³/mol. The van der Waals surface area contributed by atoms with Gasteiger partial charge in [-0.2, -0.15) is 10.5 Å². The van der Waals surface area contributed by atoms with Crippen molar-refractivity contribution in [2.45, 2.75) is 26.9 Å². The quantitative estimate of drug-likeness (QED) is 0.849. The van der Waals surface area contributed by atoms with E-state index >= 15 is 0 Å². The molecular formula is C15H19N3O. The van der Waals surface area contributed by atoms with Gasteiger partial charge in [-0.25, -0.2) is 0 Å². The monoisotopic (exact) mass is 257 g/mol. The van der Waals surface area contributed by atoms with Crippen LogP contribution in [0.4, 0.5) is 5.69 Å². The summed E-state index contributed by atoms with van der Waals surface area (Å²) in [4.78, 5) is 2.06. The lowest BCUT2D eigenvalue weighted by molar-refractivity contribution is 0.282. The number of aliphatic hydroxyl groups excluding tert-OH is 1.